The minimum Gasteiger partial charge on any atom is -0.480 e. The molecule has 0 saturated heterocycles. The quantitative estimate of drug-likeness (QED) is 0.142. The van der Waals surface area contributed by atoms with Crippen molar-refractivity contribution in [1.82, 2.24) is 25.9 Å². The van der Waals surface area contributed by atoms with Gasteiger partial charge in [-0.05, 0) is 50.5 Å². The summed E-state index contributed by atoms with van der Waals surface area (Å²) >= 11 is 0. The van der Waals surface area contributed by atoms with Gasteiger partial charge >= 0.3 is 5.97 Å². The number of nitrogens with zero attached hydrogens (tertiary/aromatic N) is 1. The van der Waals surface area contributed by atoms with Crippen molar-refractivity contribution in [1.29, 1.82) is 0 Å². The Morgan fingerprint density at radius 2 is 1.50 bits per heavy atom. The summed E-state index contributed by atoms with van der Waals surface area (Å²) in [5.41, 5.74) is 12.1. The number of imidazole rings is 1. The van der Waals surface area contributed by atoms with E-state index in [1.165, 1.54) is 12.5 Å². The number of aliphatic carboxylic acids is 1. The van der Waals surface area contributed by atoms with Gasteiger partial charge in [0.15, 0.2) is 0 Å². The van der Waals surface area contributed by atoms with E-state index in [0.717, 1.165) is 0 Å². The normalized spacial score (nSPS) is 14.7. The number of carboxylic acids is 1. The van der Waals surface area contributed by atoms with Crippen LogP contribution in [-0.4, -0.2) is 69.5 Å². The van der Waals surface area contributed by atoms with Crippen LogP contribution in [0.25, 0.3) is 0 Å². The Bertz CT molecular complexity index is 829. The maximum atomic E-state index is 13.2. The van der Waals surface area contributed by atoms with E-state index in [4.69, 9.17) is 11.5 Å². The second-order valence-electron chi connectivity index (χ2n) is 9.95. The third-order valence-electron chi connectivity index (χ3n) is 5.58. The Hall–Kier alpha value is -2.99. The van der Waals surface area contributed by atoms with Crippen molar-refractivity contribution in [2.24, 2.45) is 23.3 Å². The van der Waals surface area contributed by atoms with Gasteiger partial charge in [0, 0.05) is 18.3 Å². The molecule has 9 N–H and O–H groups in total. The summed E-state index contributed by atoms with van der Waals surface area (Å²) in [6.45, 7) is 8.15. The van der Waals surface area contributed by atoms with Gasteiger partial charge in [-0.15, -0.1) is 0 Å². The molecule has 0 aliphatic heterocycles. The average Bonchev–Trinajstić information content (AvgIpc) is 3.29. The number of aromatic nitrogens is 2. The number of hydrogen-bond acceptors (Lipinski definition) is 7. The first-order valence-electron chi connectivity index (χ1n) is 12.5. The third-order valence-corrected chi connectivity index (χ3v) is 5.58. The van der Waals surface area contributed by atoms with Gasteiger partial charge in [-0.2, -0.15) is 0 Å². The Kier molecular flexibility index (Phi) is 13.7. The smallest absolute Gasteiger partial charge is 0.326 e. The number of unbranched alkanes of at least 4 members (excludes halogenated alkanes) is 1. The van der Waals surface area contributed by atoms with Crippen LogP contribution in [0.15, 0.2) is 12.5 Å². The molecule has 1 heterocycles. The second-order valence-corrected chi connectivity index (χ2v) is 9.95. The number of nitrogens with two attached hydrogens (primary N) is 2. The van der Waals surface area contributed by atoms with Crippen molar-refractivity contribution in [3.63, 3.8) is 0 Å². The standard InChI is InChI=1S/C24H43N7O5/c1-14(2)9-17(26)21(32)30-19(10-15(3)4)23(34)29-18(7-5-6-8-25)22(33)31-20(24(35)36)11-16-12-27-13-28-16/h12-15,17-20H,5-11,25-26H2,1-4H3,(H,27,28)(H,29,34)(H,30,32)(H,31,33)(H,35,36). The van der Waals surface area contributed by atoms with Crippen LogP contribution >= 0.6 is 0 Å². The van der Waals surface area contributed by atoms with Gasteiger partial charge in [-0.3, -0.25) is 14.4 Å². The molecule has 3 amide bonds. The monoisotopic (exact) mass is 509 g/mol. The SMILES string of the molecule is CC(C)CC(N)C(=O)NC(CC(C)C)C(=O)NC(CCCCN)C(=O)NC(Cc1cnc[nH]1)C(=O)O. The summed E-state index contributed by atoms with van der Waals surface area (Å²) in [4.78, 5) is 57.3. The lowest BCUT2D eigenvalue weighted by Crippen LogP contribution is -2.57. The first kappa shape index (κ1) is 31.0. The van der Waals surface area contributed by atoms with Gasteiger partial charge in [0.1, 0.15) is 18.1 Å². The third kappa shape index (κ3) is 11.6. The van der Waals surface area contributed by atoms with Crippen LogP contribution in [-0.2, 0) is 25.6 Å². The van der Waals surface area contributed by atoms with Gasteiger partial charge in [-0.1, -0.05) is 27.7 Å². The van der Waals surface area contributed by atoms with Gasteiger partial charge in [-0.25, -0.2) is 9.78 Å². The van der Waals surface area contributed by atoms with Crippen molar-refractivity contribution >= 4 is 23.7 Å². The van der Waals surface area contributed by atoms with E-state index < -0.39 is 47.9 Å². The average molecular weight is 510 g/mol. The highest BCUT2D eigenvalue weighted by Gasteiger charge is 2.30. The zero-order valence-electron chi connectivity index (χ0n) is 21.8. The molecule has 0 spiro atoms. The van der Waals surface area contributed by atoms with Gasteiger partial charge in [0.05, 0.1) is 12.4 Å². The van der Waals surface area contributed by atoms with Crippen LogP contribution in [0.4, 0.5) is 0 Å². The van der Waals surface area contributed by atoms with E-state index in [0.29, 0.717) is 37.9 Å². The Balaban J connectivity index is 2.97. The molecule has 0 aliphatic carbocycles. The summed E-state index contributed by atoms with van der Waals surface area (Å²) in [5, 5.41) is 17.5. The number of rotatable bonds is 17. The molecule has 0 saturated carbocycles. The molecular weight excluding hydrogens is 466 g/mol. The number of hydrogen-bond donors (Lipinski definition) is 7. The van der Waals surface area contributed by atoms with E-state index in [9.17, 15) is 24.3 Å². The van der Waals surface area contributed by atoms with Crippen LogP contribution in [0.3, 0.4) is 0 Å². The molecule has 0 fully saturated rings. The topological polar surface area (TPSA) is 205 Å². The molecule has 1 aromatic rings. The number of nitrogens with one attached hydrogen (secondary N) is 4. The highest BCUT2D eigenvalue weighted by molar-refractivity contribution is 5.94. The molecule has 12 heteroatoms. The van der Waals surface area contributed by atoms with Crippen LogP contribution in [0.5, 0.6) is 0 Å². The number of amides is 3. The van der Waals surface area contributed by atoms with Crippen molar-refractivity contribution in [2.75, 3.05) is 6.54 Å². The van der Waals surface area contributed by atoms with Crippen molar-refractivity contribution < 1.29 is 24.3 Å². The largest absolute Gasteiger partial charge is 0.480 e. The van der Waals surface area contributed by atoms with Crippen LogP contribution < -0.4 is 27.4 Å². The van der Waals surface area contributed by atoms with E-state index in [1.54, 1.807) is 0 Å². The summed E-state index contributed by atoms with van der Waals surface area (Å²) in [7, 11) is 0. The van der Waals surface area contributed by atoms with Crippen LogP contribution in [0.2, 0.25) is 0 Å². The molecule has 1 rings (SSSR count). The minimum atomic E-state index is -1.22. The van der Waals surface area contributed by atoms with Gasteiger partial charge < -0.3 is 37.5 Å². The Morgan fingerprint density at radius 1 is 0.917 bits per heavy atom. The second kappa shape index (κ2) is 15.9. The molecule has 12 nitrogen and oxygen atoms in total. The van der Waals surface area contributed by atoms with E-state index in [-0.39, 0.29) is 24.7 Å². The summed E-state index contributed by atoms with van der Waals surface area (Å²) in [5.74, 6) is -2.51. The lowest BCUT2D eigenvalue weighted by Gasteiger charge is -2.26. The number of carboxylic acid groups (broad SMARTS) is 1. The lowest BCUT2D eigenvalue weighted by atomic mass is 10.00. The molecule has 4 unspecified atom stereocenters. The summed E-state index contributed by atoms with van der Waals surface area (Å²) in [6, 6.07) is -3.86. The zero-order chi connectivity index (χ0) is 27.3. The summed E-state index contributed by atoms with van der Waals surface area (Å²) in [6.07, 6.45) is 5.16. The number of carbonyl (C=O) groups is 4. The molecule has 1 aromatic heterocycles. The maximum absolute atomic E-state index is 13.2. The zero-order valence-corrected chi connectivity index (χ0v) is 21.8. The lowest BCUT2D eigenvalue weighted by molar-refractivity contribution is -0.142. The molecule has 0 bridgehead atoms. The van der Waals surface area contributed by atoms with Gasteiger partial charge in [0.25, 0.3) is 0 Å². The molecule has 204 valence electrons. The first-order valence-corrected chi connectivity index (χ1v) is 12.5. The van der Waals surface area contributed by atoms with Crippen LogP contribution in [0.1, 0.15) is 65.5 Å². The predicted molar refractivity (Wildman–Crippen MR) is 136 cm³/mol. The van der Waals surface area contributed by atoms with E-state index >= 15 is 0 Å². The van der Waals surface area contributed by atoms with E-state index in [1.807, 2.05) is 27.7 Å². The predicted octanol–water partition coefficient (Wildman–Crippen LogP) is 0.0397. The molecule has 4 atom stereocenters. The summed E-state index contributed by atoms with van der Waals surface area (Å²) < 4.78 is 0. The fraction of sp³-hybridized carbons (Fsp3) is 0.708. The molecule has 0 aromatic carbocycles. The van der Waals surface area contributed by atoms with Gasteiger partial charge in [0.2, 0.25) is 17.7 Å². The number of aromatic amines is 1. The highest BCUT2D eigenvalue weighted by Crippen LogP contribution is 2.10. The number of H-pyrrole nitrogens is 1. The molecule has 0 radical (unpaired) electrons. The Morgan fingerprint density at radius 3 is 2.03 bits per heavy atom. The Labute approximate surface area is 212 Å². The maximum Gasteiger partial charge on any atom is 0.326 e. The number of carbonyl (C=O) groups excluding carboxylic acids is 3. The molecular formula is C24H43N7O5. The highest BCUT2D eigenvalue weighted by atomic mass is 16.4. The first-order chi connectivity index (χ1) is 16.9. The minimum absolute atomic E-state index is 0.00428. The van der Waals surface area contributed by atoms with Crippen molar-refractivity contribution in [2.45, 2.75) is 90.4 Å². The fourth-order valence-corrected chi connectivity index (χ4v) is 3.72. The fourth-order valence-electron chi connectivity index (χ4n) is 3.72. The van der Waals surface area contributed by atoms with E-state index in [2.05, 4.69) is 25.9 Å². The molecule has 0 aliphatic rings. The van der Waals surface area contributed by atoms with Crippen LogP contribution in [0, 0.1) is 11.8 Å². The van der Waals surface area contributed by atoms with Crippen molar-refractivity contribution in [3.8, 4) is 0 Å². The molecule has 36 heavy (non-hydrogen) atoms. The van der Waals surface area contributed by atoms with Crippen molar-refractivity contribution in [3.05, 3.63) is 18.2 Å².